The average molecular weight is 314 g/mol. The van der Waals surface area contributed by atoms with Crippen molar-refractivity contribution in [1.82, 2.24) is 9.80 Å². The highest BCUT2D eigenvalue weighted by Gasteiger charge is 2.27. The predicted molar refractivity (Wildman–Crippen MR) is 97.1 cm³/mol. The van der Waals surface area contributed by atoms with Crippen molar-refractivity contribution in [3.8, 4) is 0 Å². The molecule has 1 saturated heterocycles. The summed E-state index contributed by atoms with van der Waals surface area (Å²) < 4.78 is 0. The first kappa shape index (κ1) is 17.7. The normalized spacial score (nSPS) is 19.2. The Hall–Kier alpha value is -1.61. The van der Waals surface area contributed by atoms with Gasteiger partial charge in [0, 0.05) is 33.1 Å². The molecular weight excluding hydrogens is 284 g/mol. The van der Waals surface area contributed by atoms with E-state index in [-0.39, 0.29) is 5.91 Å². The van der Waals surface area contributed by atoms with E-state index in [9.17, 15) is 4.79 Å². The molecule has 3 heteroatoms. The molecule has 1 aliphatic heterocycles. The molecule has 1 heterocycles. The lowest BCUT2D eigenvalue weighted by Gasteiger charge is -2.22. The number of nitrogens with zero attached hydrogens (tertiary/aromatic N) is 2. The van der Waals surface area contributed by atoms with Gasteiger partial charge in [0.25, 0.3) is 0 Å². The number of rotatable bonds is 7. The Labute approximate surface area is 141 Å². The van der Waals surface area contributed by atoms with Crippen molar-refractivity contribution in [3.63, 3.8) is 0 Å². The molecule has 0 saturated carbocycles. The maximum Gasteiger partial charge on any atom is 0.222 e. The van der Waals surface area contributed by atoms with E-state index < -0.39 is 0 Å². The number of carbonyl (C=O) groups excluding carboxylic acids is 1. The molecule has 1 fully saturated rings. The van der Waals surface area contributed by atoms with E-state index in [0.29, 0.717) is 18.3 Å². The summed E-state index contributed by atoms with van der Waals surface area (Å²) in [4.78, 5) is 15.9. The summed E-state index contributed by atoms with van der Waals surface area (Å²) in [5.74, 6) is 1.40. The lowest BCUT2D eigenvalue weighted by atomic mass is 10.0. The van der Waals surface area contributed by atoms with Crippen LogP contribution in [0.2, 0.25) is 0 Å². The molecule has 23 heavy (non-hydrogen) atoms. The summed E-state index contributed by atoms with van der Waals surface area (Å²) in [7, 11) is 4.06. The van der Waals surface area contributed by atoms with Crippen molar-refractivity contribution in [1.29, 1.82) is 0 Å². The highest BCUT2D eigenvalue weighted by atomic mass is 16.2. The van der Waals surface area contributed by atoms with Crippen LogP contribution in [0.15, 0.2) is 36.4 Å². The van der Waals surface area contributed by atoms with Crippen LogP contribution >= 0.6 is 0 Å². The number of likely N-dealkylation sites (tertiary alicyclic amines) is 1. The first-order valence-electron chi connectivity index (χ1n) is 8.62. The predicted octanol–water partition coefficient (Wildman–Crippen LogP) is 3.53. The van der Waals surface area contributed by atoms with Gasteiger partial charge in [-0.25, -0.2) is 0 Å². The minimum atomic E-state index is 0.280. The van der Waals surface area contributed by atoms with Gasteiger partial charge in [0.05, 0.1) is 0 Å². The van der Waals surface area contributed by atoms with Crippen LogP contribution in [0.1, 0.15) is 32.3 Å². The van der Waals surface area contributed by atoms with Crippen molar-refractivity contribution in [2.45, 2.75) is 26.7 Å². The summed E-state index contributed by atoms with van der Waals surface area (Å²) in [6, 6.07) is 10.6. The van der Waals surface area contributed by atoms with Crippen LogP contribution in [0.3, 0.4) is 0 Å². The summed E-state index contributed by atoms with van der Waals surface area (Å²) >= 11 is 0. The van der Waals surface area contributed by atoms with Gasteiger partial charge in [0.1, 0.15) is 0 Å². The van der Waals surface area contributed by atoms with Gasteiger partial charge >= 0.3 is 0 Å². The van der Waals surface area contributed by atoms with E-state index in [4.69, 9.17) is 0 Å². The largest absolute Gasteiger partial charge is 0.345 e. The molecule has 1 aliphatic rings. The Morgan fingerprint density at radius 1 is 1.35 bits per heavy atom. The molecule has 0 radical (unpaired) electrons. The van der Waals surface area contributed by atoms with E-state index in [2.05, 4.69) is 62.2 Å². The number of hydrogen-bond donors (Lipinski definition) is 0. The maximum absolute atomic E-state index is 11.7. The van der Waals surface area contributed by atoms with Crippen LogP contribution < -0.4 is 0 Å². The maximum atomic E-state index is 11.7. The number of likely N-dealkylation sites (N-methyl/N-ethyl adjacent to an activating group) is 1. The Morgan fingerprint density at radius 3 is 2.61 bits per heavy atom. The van der Waals surface area contributed by atoms with E-state index in [1.54, 1.807) is 0 Å². The van der Waals surface area contributed by atoms with Crippen LogP contribution in [-0.4, -0.2) is 49.4 Å². The fraction of sp³-hybridized carbons (Fsp3) is 0.550. The Balaban J connectivity index is 2.00. The minimum Gasteiger partial charge on any atom is -0.345 e. The van der Waals surface area contributed by atoms with Gasteiger partial charge < -0.3 is 9.80 Å². The molecule has 1 unspecified atom stereocenters. The van der Waals surface area contributed by atoms with Crippen molar-refractivity contribution in [2.75, 3.05) is 33.7 Å². The molecule has 3 nitrogen and oxygen atoms in total. The van der Waals surface area contributed by atoms with E-state index in [0.717, 1.165) is 26.1 Å². The highest BCUT2D eigenvalue weighted by Crippen LogP contribution is 2.21. The SMILES string of the molecule is CC(C)C/C=C(\CN(C)CC1CC(=O)N(C)C1)c1ccccc1. The molecule has 0 aliphatic carbocycles. The third-order valence-corrected chi connectivity index (χ3v) is 4.41. The zero-order valence-corrected chi connectivity index (χ0v) is 15.0. The quantitative estimate of drug-likeness (QED) is 0.769. The van der Waals surface area contributed by atoms with Crippen LogP contribution in [0.5, 0.6) is 0 Å². The summed E-state index contributed by atoms with van der Waals surface area (Å²) in [6.07, 6.45) is 4.17. The van der Waals surface area contributed by atoms with Crippen molar-refractivity contribution in [3.05, 3.63) is 42.0 Å². The van der Waals surface area contributed by atoms with Crippen molar-refractivity contribution < 1.29 is 4.79 Å². The molecule has 0 bridgehead atoms. The number of benzene rings is 1. The van der Waals surface area contributed by atoms with Crippen LogP contribution in [0, 0.1) is 11.8 Å². The fourth-order valence-corrected chi connectivity index (χ4v) is 3.18. The second-order valence-corrected chi connectivity index (χ2v) is 7.27. The molecule has 1 atom stereocenters. The molecule has 1 aromatic carbocycles. The number of carbonyl (C=O) groups is 1. The Kier molecular flexibility index (Phi) is 6.40. The molecule has 126 valence electrons. The Morgan fingerprint density at radius 2 is 2.04 bits per heavy atom. The number of amides is 1. The minimum absolute atomic E-state index is 0.280. The fourth-order valence-electron chi connectivity index (χ4n) is 3.18. The standard InChI is InChI=1S/C20H30N2O/c1-16(2)10-11-19(18-8-6-5-7-9-18)15-21(3)13-17-12-20(23)22(4)14-17/h5-9,11,16-17H,10,12-15H2,1-4H3/b19-11+. The number of allylic oxidation sites excluding steroid dienone is 1. The molecule has 0 aromatic heterocycles. The van der Waals surface area contributed by atoms with Crippen molar-refractivity contribution >= 4 is 11.5 Å². The molecule has 1 aromatic rings. The summed E-state index contributed by atoms with van der Waals surface area (Å²) in [5, 5.41) is 0. The molecular formula is C20H30N2O. The van der Waals surface area contributed by atoms with Gasteiger partial charge in [-0.05, 0) is 36.4 Å². The van der Waals surface area contributed by atoms with Gasteiger partial charge in [0.2, 0.25) is 5.91 Å². The lowest BCUT2D eigenvalue weighted by molar-refractivity contribution is -0.126. The third-order valence-electron chi connectivity index (χ3n) is 4.41. The van der Waals surface area contributed by atoms with Crippen LogP contribution in [-0.2, 0) is 4.79 Å². The van der Waals surface area contributed by atoms with Gasteiger partial charge in [-0.1, -0.05) is 50.3 Å². The smallest absolute Gasteiger partial charge is 0.222 e. The topological polar surface area (TPSA) is 23.6 Å². The van der Waals surface area contributed by atoms with Gasteiger partial charge in [-0.3, -0.25) is 4.79 Å². The molecule has 2 rings (SSSR count). The lowest BCUT2D eigenvalue weighted by Crippen LogP contribution is -2.29. The monoisotopic (exact) mass is 314 g/mol. The van der Waals surface area contributed by atoms with Gasteiger partial charge in [-0.15, -0.1) is 0 Å². The van der Waals surface area contributed by atoms with E-state index >= 15 is 0 Å². The van der Waals surface area contributed by atoms with Crippen LogP contribution in [0.4, 0.5) is 0 Å². The zero-order chi connectivity index (χ0) is 16.8. The summed E-state index contributed by atoms with van der Waals surface area (Å²) in [5.41, 5.74) is 2.69. The highest BCUT2D eigenvalue weighted by molar-refractivity contribution is 5.78. The second-order valence-electron chi connectivity index (χ2n) is 7.27. The van der Waals surface area contributed by atoms with Gasteiger partial charge in [0.15, 0.2) is 0 Å². The molecule has 0 spiro atoms. The second kappa shape index (κ2) is 8.30. The van der Waals surface area contributed by atoms with Crippen LogP contribution in [0.25, 0.3) is 5.57 Å². The van der Waals surface area contributed by atoms with Gasteiger partial charge in [-0.2, -0.15) is 0 Å². The Bertz CT molecular complexity index is 536. The zero-order valence-electron chi connectivity index (χ0n) is 15.0. The summed E-state index contributed by atoms with van der Waals surface area (Å²) in [6.45, 7) is 7.30. The molecule has 0 N–H and O–H groups in total. The number of hydrogen-bond acceptors (Lipinski definition) is 2. The molecule has 1 amide bonds. The third kappa shape index (κ3) is 5.51. The van der Waals surface area contributed by atoms with E-state index in [1.807, 2.05) is 11.9 Å². The first-order valence-corrected chi connectivity index (χ1v) is 8.62. The van der Waals surface area contributed by atoms with E-state index in [1.165, 1.54) is 11.1 Å². The first-order chi connectivity index (χ1) is 11.0. The average Bonchev–Trinajstić information content (AvgIpc) is 2.82. The van der Waals surface area contributed by atoms with Crippen molar-refractivity contribution in [2.24, 2.45) is 11.8 Å².